The minimum atomic E-state index is -2.06. The SMILES string of the molecule is C[C@H]1O[C@@H](O[C@H]2CC[C@@]3(C)[C@@H](CC[C@]4(C)[C@@H]3CC=C3[C@@H]5CC(C)(C)CC[C@]5(CO)[C@@H](O)C[C@]34C)[C@]2(C)CO)[C@H](O[C@@H]2O[C@H](CO)[C@@H](O)[C@H](O)[C@H]2O)[C@@H](O[C@@H]2O[C@H](CO)[C@@H](O[C@@H]3O[C@H](CO)[C@@H](O)[C@H](O)[C@H]3O)[C@H](O)[C@H]2O)[C@H]1O. The molecule has 0 aromatic rings. The zero-order valence-electron chi connectivity index (χ0n) is 45.4. The molecule has 9 rings (SSSR count). The largest absolute Gasteiger partial charge is 0.396 e. The Hall–Kier alpha value is -1.18. The predicted octanol–water partition coefficient (Wildman–Crippen LogP) is -2.59. The molecule has 0 spiro atoms. The molecule has 0 amide bonds. The van der Waals surface area contributed by atoms with Gasteiger partial charge in [-0.3, -0.25) is 0 Å². The second kappa shape index (κ2) is 22.1. The number of hydrogen-bond donors (Lipinski definition) is 15. The van der Waals surface area contributed by atoms with Crippen LogP contribution >= 0.6 is 0 Å². The molecule has 4 aliphatic heterocycles. The molecule has 23 heteroatoms. The lowest BCUT2D eigenvalue weighted by Crippen LogP contribution is -2.69. The molecule has 9 aliphatic rings. The van der Waals surface area contributed by atoms with Gasteiger partial charge in [-0.15, -0.1) is 0 Å². The van der Waals surface area contributed by atoms with Crippen LogP contribution in [0.3, 0.4) is 0 Å². The van der Waals surface area contributed by atoms with Crippen LogP contribution in [0.2, 0.25) is 0 Å². The van der Waals surface area contributed by atoms with Crippen molar-refractivity contribution in [2.45, 2.75) is 241 Å². The standard InChI is InChI=1S/C54H90O23/c1-23-33(61)43(76-47-41(69)38(66)42(28(20-57)73-47)75-45-39(67)36(64)34(62)26(18-55)71-45)44(77-46-40(68)37(65)35(63)27(19-56)72-46)48(70-23)74-32-11-12-50(4)29(51(32,5)21-58)10-13-52(6)30(50)9-8-24-25-16-49(2,3)14-15-54(25,22-59)31(60)17-53(24,52)7/h8,23,25-48,55-69H,9-22H2,1-7H3/t23-,25+,26-,27-,28-,29-,30-,31+,32+,33+,34-,35-,36+,37+,38-,39-,40-,41-,42-,43+,44-,45+,46+,47+,48+,50+,51+,52-,53-,54-/m1/s1. The normalized spacial score (nSPS) is 55.8. The highest BCUT2D eigenvalue weighted by Crippen LogP contribution is 2.76. The summed E-state index contributed by atoms with van der Waals surface area (Å²) in [7, 11) is 0. The Morgan fingerprint density at radius 3 is 1.61 bits per heavy atom. The van der Waals surface area contributed by atoms with Gasteiger partial charge in [0.25, 0.3) is 0 Å². The molecule has 77 heavy (non-hydrogen) atoms. The van der Waals surface area contributed by atoms with E-state index in [1.165, 1.54) is 12.5 Å². The van der Waals surface area contributed by atoms with Gasteiger partial charge in [0.15, 0.2) is 25.2 Å². The lowest BCUT2D eigenvalue weighted by molar-refractivity contribution is -0.403. The van der Waals surface area contributed by atoms with E-state index in [2.05, 4.69) is 40.7 Å². The Labute approximate surface area is 449 Å². The zero-order chi connectivity index (χ0) is 56.3. The van der Waals surface area contributed by atoms with Crippen molar-refractivity contribution in [3.63, 3.8) is 0 Å². The van der Waals surface area contributed by atoms with Crippen molar-refractivity contribution in [2.75, 3.05) is 33.0 Å². The number of allylic oxidation sites excluding steroid dienone is 2. The molecule has 23 nitrogen and oxygen atoms in total. The maximum absolute atomic E-state index is 12.2. The van der Waals surface area contributed by atoms with E-state index in [1.54, 1.807) is 0 Å². The van der Waals surface area contributed by atoms with Crippen LogP contribution in [-0.2, 0) is 37.9 Å². The van der Waals surface area contributed by atoms with E-state index < -0.39 is 166 Å². The summed E-state index contributed by atoms with van der Waals surface area (Å²) in [6.07, 6.45) is -27.2. The Balaban J connectivity index is 0.997. The third-order valence-electron chi connectivity index (χ3n) is 21.7. The molecule has 0 unspecified atom stereocenters. The third-order valence-corrected chi connectivity index (χ3v) is 21.7. The van der Waals surface area contributed by atoms with Crippen molar-refractivity contribution in [1.29, 1.82) is 0 Å². The molecule has 4 saturated carbocycles. The van der Waals surface area contributed by atoms with E-state index in [9.17, 15) is 76.6 Å². The van der Waals surface area contributed by atoms with Crippen LogP contribution in [-0.4, -0.2) is 245 Å². The number of ether oxygens (including phenoxy) is 8. The van der Waals surface area contributed by atoms with Crippen molar-refractivity contribution in [2.24, 2.45) is 50.2 Å². The smallest absolute Gasteiger partial charge is 0.187 e. The van der Waals surface area contributed by atoms with Crippen LogP contribution < -0.4 is 0 Å². The summed E-state index contributed by atoms with van der Waals surface area (Å²) < 4.78 is 49.0. The predicted molar refractivity (Wildman–Crippen MR) is 264 cm³/mol. The first kappa shape index (κ1) is 60.4. The van der Waals surface area contributed by atoms with Crippen LogP contribution in [0, 0.1) is 50.2 Å². The van der Waals surface area contributed by atoms with Gasteiger partial charge >= 0.3 is 0 Å². The summed E-state index contributed by atoms with van der Waals surface area (Å²) in [6, 6.07) is 0. The van der Waals surface area contributed by atoms with Crippen molar-refractivity contribution >= 4 is 0 Å². The second-order valence-corrected chi connectivity index (χ2v) is 26.3. The molecule has 4 heterocycles. The zero-order valence-corrected chi connectivity index (χ0v) is 45.4. The molecule has 444 valence electrons. The highest BCUT2D eigenvalue weighted by Gasteiger charge is 2.71. The van der Waals surface area contributed by atoms with E-state index >= 15 is 0 Å². The topological polar surface area (TPSA) is 377 Å². The molecule has 0 bridgehead atoms. The monoisotopic (exact) mass is 1110 g/mol. The molecule has 0 radical (unpaired) electrons. The van der Waals surface area contributed by atoms with Gasteiger partial charge in [-0.1, -0.05) is 53.2 Å². The van der Waals surface area contributed by atoms with Gasteiger partial charge in [0.05, 0.1) is 51.3 Å². The van der Waals surface area contributed by atoms with E-state index in [-0.39, 0.29) is 52.6 Å². The first-order valence-corrected chi connectivity index (χ1v) is 27.9. The average Bonchev–Trinajstić information content (AvgIpc) is 3.45. The molecule has 4 saturated heterocycles. The van der Waals surface area contributed by atoms with Gasteiger partial charge in [0.2, 0.25) is 0 Å². The maximum Gasteiger partial charge on any atom is 0.187 e. The quantitative estimate of drug-likeness (QED) is 0.0665. The average molecular weight is 1110 g/mol. The lowest BCUT2D eigenvalue weighted by Gasteiger charge is -2.72. The highest BCUT2D eigenvalue weighted by atomic mass is 16.8. The summed E-state index contributed by atoms with van der Waals surface area (Å²) in [6.45, 7) is 12.2. The number of aliphatic hydroxyl groups is 15. The fourth-order valence-electron chi connectivity index (χ4n) is 16.7. The van der Waals surface area contributed by atoms with Crippen LogP contribution in [0.1, 0.15) is 106 Å². The Morgan fingerprint density at radius 2 is 1.05 bits per heavy atom. The molecular formula is C54H90O23. The first-order valence-electron chi connectivity index (χ1n) is 27.9. The van der Waals surface area contributed by atoms with Crippen LogP contribution in [0.4, 0.5) is 0 Å². The van der Waals surface area contributed by atoms with Gasteiger partial charge < -0.3 is 114 Å². The maximum atomic E-state index is 12.2. The number of fused-ring (bicyclic) bond motifs is 7. The lowest BCUT2D eigenvalue weighted by atomic mass is 9.33. The number of rotatable bonds is 13. The summed E-state index contributed by atoms with van der Waals surface area (Å²) >= 11 is 0. The van der Waals surface area contributed by atoms with Crippen molar-refractivity contribution in [1.82, 2.24) is 0 Å². The van der Waals surface area contributed by atoms with Crippen molar-refractivity contribution in [3.05, 3.63) is 11.6 Å². The van der Waals surface area contributed by atoms with E-state index in [4.69, 9.17) is 37.9 Å². The summed E-state index contributed by atoms with van der Waals surface area (Å²) in [5.41, 5.74) is -1.13. The number of hydrogen-bond acceptors (Lipinski definition) is 23. The van der Waals surface area contributed by atoms with Gasteiger partial charge in [-0.25, -0.2) is 0 Å². The molecule has 8 fully saturated rings. The Morgan fingerprint density at radius 1 is 0.506 bits per heavy atom. The number of aliphatic hydroxyl groups excluding tert-OH is 15. The minimum absolute atomic E-state index is 0.0348. The Bertz CT molecular complexity index is 2070. The van der Waals surface area contributed by atoms with Gasteiger partial charge in [0, 0.05) is 10.8 Å². The first-order chi connectivity index (χ1) is 36.1. The molecule has 0 aromatic carbocycles. The molecule has 0 aromatic heterocycles. The highest BCUT2D eigenvalue weighted by molar-refractivity contribution is 5.35. The molecule has 5 aliphatic carbocycles. The van der Waals surface area contributed by atoms with Crippen LogP contribution in [0.15, 0.2) is 11.6 Å². The van der Waals surface area contributed by atoms with Crippen molar-refractivity contribution < 1.29 is 114 Å². The third kappa shape index (κ3) is 9.74. The summed E-state index contributed by atoms with van der Waals surface area (Å²) in [5.74, 6) is 0.0362. The Kier molecular flexibility index (Phi) is 17.3. The van der Waals surface area contributed by atoms with E-state index in [1.807, 2.05) is 6.92 Å². The van der Waals surface area contributed by atoms with E-state index in [0.717, 1.165) is 32.1 Å². The van der Waals surface area contributed by atoms with Crippen LogP contribution in [0.5, 0.6) is 0 Å². The van der Waals surface area contributed by atoms with Crippen molar-refractivity contribution in [3.8, 4) is 0 Å². The van der Waals surface area contributed by atoms with Gasteiger partial charge in [-0.05, 0) is 104 Å². The molecule has 30 atom stereocenters. The van der Waals surface area contributed by atoms with Gasteiger partial charge in [-0.2, -0.15) is 0 Å². The fourth-order valence-corrected chi connectivity index (χ4v) is 16.7. The minimum Gasteiger partial charge on any atom is -0.396 e. The van der Waals surface area contributed by atoms with Gasteiger partial charge in [0.1, 0.15) is 91.6 Å². The molecule has 15 N–H and O–H groups in total. The molecular weight excluding hydrogens is 1020 g/mol. The van der Waals surface area contributed by atoms with E-state index in [0.29, 0.717) is 25.7 Å². The fraction of sp³-hybridized carbons (Fsp3) is 0.963. The summed E-state index contributed by atoms with van der Waals surface area (Å²) in [4.78, 5) is 0. The summed E-state index contributed by atoms with van der Waals surface area (Å²) in [5, 5.41) is 165. The van der Waals surface area contributed by atoms with Crippen LogP contribution in [0.25, 0.3) is 0 Å². The second-order valence-electron chi connectivity index (χ2n) is 26.3.